The number of benzene rings is 1. The summed E-state index contributed by atoms with van der Waals surface area (Å²) in [7, 11) is 1.57. The molecule has 4 rings (SSSR count). The molecule has 1 fully saturated rings. The fraction of sp³-hybridized carbons (Fsp3) is 0.450. The molecule has 0 spiro atoms. The highest BCUT2D eigenvalue weighted by Gasteiger charge is 2.55. The Hall–Kier alpha value is -3.23. The second-order valence-electron chi connectivity index (χ2n) is 8.04. The number of hydrogen-bond acceptors (Lipinski definition) is 5. The van der Waals surface area contributed by atoms with Gasteiger partial charge in [0.05, 0.1) is 13.1 Å². The Morgan fingerprint density at radius 2 is 2.00 bits per heavy atom. The van der Waals surface area contributed by atoms with Crippen LogP contribution in [0.4, 0.5) is 10.5 Å². The summed E-state index contributed by atoms with van der Waals surface area (Å²) in [6.07, 6.45) is 0. The summed E-state index contributed by atoms with van der Waals surface area (Å²) in [5.41, 5.74) is 8.62. The van der Waals surface area contributed by atoms with Crippen LogP contribution in [0, 0.1) is 19.8 Å². The number of hydrogen-bond donors (Lipinski definition) is 1. The van der Waals surface area contributed by atoms with Gasteiger partial charge in [-0.25, -0.2) is 14.3 Å². The van der Waals surface area contributed by atoms with E-state index in [2.05, 4.69) is 37.8 Å². The topological polar surface area (TPSA) is 102 Å². The molecule has 1 saturated heterocycles. The monoisotopic (exact) mass is 397 g/mol. The first-order valence-electron chi connectivity index (χ1n) is 9.63. The lowest BCUT2D eigenvalue weighted by Crippen LogP contribution is -2.64. The van der Waals surface area contributed by atoms with Crippen molar-refractivity contribution >= 4 is 35.3 Å². The Morgan fingerprint density at radius 3 is 2.66 bits per heavy atom. The van der Waals surface area contributed by atoms with E-state index in [4.69, 9.17) is 10.7 Å². The number of likely N-dealkylation sites (N-methyl/N-ethyl adjacent to an activating group) is 1. The highest BCUT2D eigenvalue weighted by Crippen LogP contribution is 2.29. The molecule has 0 saturated carbocycles. The predicted octanol–water partition coefficient (Wildman–Crippen LogP) is 0.288. The van der Waals surface area contributed by atoms with Gasteiger partial charge in [-0.05, 0) is 37.1 Å². The maximum Gasteiger partial charge on any atom is 0.397 e. The Balaban J connectivity index is 1.79. The van der Waals surface area contributed by atoms with Gasteiger partial charge < -0.3 is 5.73 Å². The number of nitrogens with zero attached hydrogens (tertiary/aromatic N) is 5. The van der Waals surface area contributed by atoms with Crippen LogP contribution in [-0.2, 0) is 9.59 Å². The van der Waals surface area contributed by atoms with E-state index in [0.717, 1.165) is 17.1 Å². The van der Waals surface area contributed by atoms with Crippen LogP contribution in [-0.4, -0.2) is 76.7 Å². The molecule has 9 heteroatoms. The third-order valence-electron chi connectivity index (χ3n) is 5.75. The molecule has 0 aromatic heterocycles. The van der Waals surface area contributed by atoms with E-state index in [1.807, 2.05) is 10.6 Å². The number of fused-ring (bicyclic) bond motifs is 2. The van der Waals surface area contributed by atoms with Crippen LogP contribution in [0.25, 0.3) is 0 Å². The number of aryl methyl sites for hydroxylation is 2. The van der Waals surface area contributed by atoms with Gasteiger partial charge in [-0.1, -0.05) is 18.0 Å². The largest absolute Gasteiger partial charge is 0.397 e. The number of rotatable bonds is 3. The van der Waals surface area contributed by atoms with E-state index in [0.29, 0.717) is 18.3 Å². The number of aliphatic imine (C=N–C) groups is 1. The van der Waals surface area contributed by atoms with E-state index in [1.54, 1.807) is 7.05 Å². The second-order valence-corrected chi connectivity index (χ2v) is 8.04. The fourth-order valence-corrected chi connectivity index (χ4v) is 4.11. The molecule has 2 unspecified atom stereocenters. The first-order chi connectivity index (χ1) is 13.7. The molecule has 1 aromatic carbocycles. The normalized spacial score (nSPS) is 24.0. The van der Waals surface area contributed by atoms with Crippen LogP contribution in [0.15, 0.2) is 23.2 Å². The van der Waals surface area contributed by atoms with E-state index in [1.165, 1.54) is 16.0 Å². The van der Waals surface area contributed by atoms with E-state index in [-0.39, 0.29) is 5.92 Å². The zero-order chi connectivity index (χ0) is 21.0. The first kappa shape index (κ1) is 19.1. The van der Waals surface area contributed by atoms with Crippen LogP contribution < -0.4 is 10.6 Å². The van der Waals surface area contributed by atoms with Crippen molar-refractivity contribution in [2.24, 2.45) is 16.6 Å². The van der Waals surface area contributed by atoms with Gasteiger partial charge in [0.25, 0.3) is 5.91 Å². The minimum absolute atomic E-state index is 0.273. The van der Waals surface area contributed by atoms with Crippen molar-refractivity contribution in [1.82, 2.24) is 9.80 Å². The average molecular weight is 397 g/mol. The van der Waals surface area contributed by atoms with E-state index < -0.39 is 30.4 Å². The smallest absolute Gasteiger partial charge is 0.368 e. The molecule has 3 aliphatic rings. The number of guanidine groups is 1. The molecule has 152 valence electrons. The molecule has 0 aliphatic carbocycles. The number of imide groups is 1. The highest BCUT2D eigenvalue weighted by atomic mass is 16.2. The maximum atomic E-state index is 13.1. The first-order valence-corrected chi connectivity index (χ1v) is 9.63. The van der Waals surface area contributed by atoms with Gasteiger partial charge in [0.15, 0.2) is 0 Å². The molecule has 3 aliphatic heterocycles. The SMILES string of the molecule is Cc1ccc(N2CC(C)C[N+]3=C2N=C2C3C(=O)N(CC(N)=O)C(=O)N2C)cc1C. The summed E-state index contributed by atoms with van der Waals surface area (Å²) in [5, 5.41) is 0. The summed E-state index contributed by atoms with van der Waals surface area (Å²) in [6.45, 7) is 7.19. The van der Waals surface area contributed by atoms with E-state index in [9.17, 15) is 14.4 Å². The number of nitrogens with two attached hydrogens (primary N) is 1. The van der Waals surface area contributed by atoms with Crippen molar-refractivity contribution in [3.63, 3.8) is 0 Å². The van der Waals surface area contributed by atoms with Gasteiger partial charge in [0.1, 0.15) is 12.2 Å². The second kappa shape index (κ2) is 6.68. The molecular formula is C20H25N6O3+. The Bertz CT molecular complexity index is 998. The number of primary amides is 1. The zero-order valence-electron chi connectivity index (χ0n) is 17.0. The third-order valence-corrected chi connectivity index (χ3v) is 5.75. The molecule has 0 bridgehead atoms. The standard InChI is InChI=1S/C20H24N6O3/c1-11-8-24(14-6-5-12(2)13(3)7-14)19-22-17-16(25(19)9-11)18(28)26(10-15(21)27)20(29)23(17)4/h5-7,11,16H,8-10H2,1-4H3,(H-,21,27)/p+1. The Morgan fingerprint density at radius 1 is 1.28 bits per heavy atom. The van der Waals surface area contributed by atoms with Gasteiger partial charge in [-0.2, -0.15) is 0 Å². The number of amidine groups is 1. The molecule has 4 amide bonds. The van der Waals surface area contributed by atoms with Crippen LogP contribution in [0.2, 0.25) is 0 Å². The number of carbonyl (C=O) groups is 3. The van der Waals surface area contributed by atoms with Gasteiger partial charge in [0, 0.05) is 13.0 Å². The summed E-state index contributed by atoms with van der Waals surface area (Å²) >= 11 is 0. The summed E-state index contributed by atoms with van der Waals surface area (Å²) in [4.78, 5) is 46.2. The minimum Gasteiger partial charge on any atom is -0.368 e. The Labute approximate surface area is 169 Å². The van der Waals surface area contributed by atoms with Crippen LogP contribution in [0.1, 0.15) is 18.1 Å². The maximum absolute atomic E-state index is 13.1. The molecule has 2 N–H and O–H groups in total. The van der Waals surface area contributed by atoms with Crippen molar-refractivity contribution in [2.75, 3.05) is 31.6 Å². The summed E-state index contributed by atoms with van der Waals surface area (Å²) in [5.74, 6) is 0.121. The van der Waals surface area contributed by atoms with Crippen LogP contribution in [0.3, 0.4) is 0 Å². The van der Waals surface area contributed by atoms with Gasteiger partial charge >= 0.3 is 12.0 Å². The molecule has 29 heavy (non-hydrogen) atoms. The lowest BCUT2D eigenvalue weighted by molar-refractivity contribution is -0.545. The molecule has 3 heterocycles. The third kappa shape index (κ3) is 2.97. The van der Waals surface area contributed by atoms with Crippen LogP contribution in [0.5, 0.6) is 0 Å². The average Bonchev–Trinajstić information content (AvgIpc) is 3.04. The molecule has 0 radical (unpaired) electrons. The van der Waals surface area contributed by atoms with Crippen LogP contribution >= 0.6 is 0 Å². The predicted molar refractivity (Wildman–Crippen MR) is 108 cm³/mol. The molecule has 9 nitrogen and oxygen atoms in total. The van der Waals surface area contributed by atoms with Gasteiger partial charge in [-0.3, -0.25) is 19.4 Å². The van der Waals surface area contributed by atoms with Crippen molar-refractivity contribution in [3.05, 3.63) is 29.3 Å². The van der Waals surface area contributed by atoms with Crippen molar-refractivity contribution in [1.29, 1.82) is 0 Å². The highest BCUT2D eigenvalue weighted by molar-refractivity contribution is 6.24. The molecule has 1 aromatic rings. The lowest BCUT2D eigenvalue weighted by atomic mass is 10.0. The zero-order valence-corrected chi connectivity index (χ0v) is 17.0. The fourth-order valence-electron chi connectivity index (χ4n) is 4.11. The Kier molecular flexibility index (Phi) is 4.40. The van der Waals surface area contributed by atoms with Gasteiger partial charge in [-0.15, -0.1) is 0 Å². The molecule has 2 atom stereocenters. The summed E-state index contributed by atoms with van der Waals surface area (Å²) in [6, 6.07) is 4.90. The number of amides is 4. The number of urea groups is 1. The van der Waals surface area contributed by atoms with E-state index >= 15 is 0 Å². The quantitative estimate of drug-likeness (QED) is 0.741. The molecular weight excluding hydrogens is 372 g/mol. The minimum atomic E-state index is -0.733. The van der Waals surface area contributed by atoms with Crippen molar-refractivity contribution < 1.29 is 19.0 Å². The van der Waals surface area contributed by atoms with Crippen molar-refractivity contribution in [3.8, 4) is 0 Å². The summed E-state index contributed by atoms with van der Waals surface area (Å²) < 4.78 is 1.93. The van der Waals surface area contributed by atoms with Crippen molar-refractivity contribution in [2.45, 2.75) is 26.8 Å². The lowest BCUT2D eigenvalue weighted by Gasteiger charge is -2.35. The number of carbonyl (C=O) groups excluding carboxylic acids is 3. The van der Waals surface area contributed by atoms with Gasteiger partial charge in [0.2, 0.25) is 17.8 Å². The number of anilines is 1.